The van der Waals surface area contributed by atoms with Crippen LogP contribution in [0.2, 0.25) is 0 Å². The summed E-state index contributed by atoms with van der Waals surface area (Å²) >= 11 is 0. The number of aromatic amines is 1. The molecule has 2 atom stereocenters. The minimum atomic E-state index is -0.570. The van der Waals surface area contributed by atoms with Crippen molar-refractivity contribution in [2.45, 2.75) is 51.7 Å². The molecule has 3 N–H and O–H groups in total. The van der Waals surface area contributed by atoms with Crippen molar-refractivity contribution in [3.63, 3.8) is 0 Å². The van der Waals surface area contributed by atoms with Crippen LogP contribution in [-0.4, -0.2) is 22.2 Å². The van der Waals surface area contributed by atoms with Crippen molar-refractivity contribution < 1.29 is 5.11 Å². The van der Waals surface area contributed by atoms with Crippen molar-refractivity contribution in [2.24, 2.45) is 5.92 Å². The van der Waals surface area contributed by atoms with Crippen molar-refractivity contribution in [3.8, 4) is 0 Å². The average molecular weight is 314 g/mol. The summed E-state index contributed by atoms with van der Waals surface area (Å²) in [5.74, 6) is 0.283. The third kappa shape index (κ3) is 3.65. The van der Waals surface area contributed by atoms with E-state index in [2.05, 4.69) is 10.3 Å². The van der Waals surface area contributed by atoms with E-state index in [-0.39, 0.29) is 11.3 Å². The molecule has 3 rings (SSSR count). The fraction of sp³-hybridized carbons (Fsp3) is 0.526. The molecule has 1 aromatic heterocycles. The Labute approximate surface area is 136 Å². The van der Waals surface area contributed by atoms with Gasteiger partial charge in [0.1, 0.15) is 0 Å². The Hall–Kier alpha value is -1.65. The van der Waals surface area contributed by atoms with E-state index in [0.717, 1.165) is 48.0 Å². The molecule has 1 aromatic carbocycles. The number of aryl methyl sites for hydroxylation is 1. The zero-order valence-corrected chi connectivity index (χ0v) is 14.0. The Morgan fingerprint density at radius 1 is 1.35 bits per heavy atom. The van der Waals surface area contributed by atoms with E-state index < -0.39 is 5.60 Å². The van der Waals surface area contributed by atoms with Crippen molar-refractivity contribution >= 4 is 10.9 Å². The molecule has 0 amide bonds. The Balaban J connectivity index is 1.68. The van der Waals surface area contributed by atoms with E-state index in [1.165, 1.54) is 6.42 Å². The highest BCUT2D eigenvalue weighted by Crippen LogP contribution is 2.32. The maximum atomic E-state index is 12.2. The van der Waals surface area contributed by atoms with Gasteiger partial charge in [-0.15, -0.1) is 0 Å². The largest absolute Gasteiger partial charge is 0.390 e. The Kier molecular flexibility index (Phi) is 4.55. The molecule has 0 aliphatic heterocycles. The van der Waals surface area contributed by atoms with E-state index in [1.807, 2.05) is 32.0 Å². The number of rotatable bonds is 4. The fourth-order valence-corrected chi connectivity index (χ4v) is 3.60. The first kappa shape index (κ1) is 16.2. The fourth-order valence-electron chi connectivity index (χ4n) is 3.60. The van der Waals surface area contributed by atoms with Crippen LogP contribution in [0.1, 0.15) is 43.9 Å². The van der Waals surface area contributed by atoms with Crippen LogP contribution in [0.3, 0.4) is 0 Å². The smallest absolute Gasteiger partial charge is 0.189 e. The van der Waals surface area contributed by atoms with Gasteiger partial charge in [-0.25, -0.2) is 0 Å². The quantitative estimate of drug-likeness (QED) is 0.813. The molecule has 1 heterocycles. The molecule has 0 unspecified atom stereocenters. The summed E-state index contributed by atoms with van der Waals surface area (Å²) in [5.41, 5.74) is 2.35. The number of aromatic nitrogens is 1. The second-order valence-electron chi connectivity index (χ2n) is 7.14. The summed E-state index contributed by atoms with van der Waals surface area (Å²) in [6.07, 6.45) is 4.24. The maximum absolute atomic E-state index is 12.2. The van der Waals surface area contributed by atoms with Gasteiger partial charge in [-0.3, -0.25) is 4.79 Å². The first-order valence-corrected chi connectivity index (χ1v) is 8.51. The lowest BCUT2D eigenvalue weighted by Gasteiger charge is -2.37. The van der Waals surface area contributed by atoms with Gasteiger partial charge in [-0.05, 0) is 44.7 Å². The lowest BCUT2D eigenvalue weighted by molar-refractivity contribution is -0.0310. The molecule has 1 aliphatic carbocycles. The van der Waals surface area contributed by atoms with Crippen molar-refractivity contribution in [1.29, 1.82) is 0 Å². The number of H-pyrrole nitrogens is 1. The van der Waals surface area contributed by atoms with E-state index in [4.69, 9.17) is 0 Å². The molecule has 0 bridgehead atoms. The minimum Gasteiger partial charge on any atom is -0.390 e. The minimum absolute atomic E-state index is 0.0592. The zero-order chi connectivity index (χ0) is 16.4. The van der Waals surface area contributed by atoms with E-state index in [9.17, 15) is 9.90 Å². The van der Waals surface area contributed by atoms with Crippen LogP contribution in [-0.2, 0) is 6.54 Å². The van der Waals surface area contributed by atoms with Crippen molar-refractivity contribution in [1.82, 2.24) is 10.3 Å². The molecule has 23 heavy (non-hydrogen) atoms. The number of hydrogen-bond donors (Lipinski definition) is 3. The van der Waals surface area contributed by atoms with Gasteiger partial charge in [0, 0.05) is 35.8 Å². The molecule has 1 aliphatic rings. The number of fused-ring (bicyclic) bond motifs is 1. The molecule has 2 aromatic rings. The molecule has 1 fully saturated rings. The number of benzene rings is 1. The third-order valence-corrected chi connectivity index (χ3v) is 5.11. The summed E-state index contributed by atoms with van der Waals surface area (Å²) in [5, 5.41) is 14.6. The van der Waals surface area contributed by atoms with Gasteiger partial charge in [0.2, 0.25) is 0 Å². The van der Waals surface area contributed by atoms with Crippen LogP contribution in [0.15, 0.2) is 29.1 Å². The molecular formula is C19H26N2O2. The maximum Gasteiger partial charge on any atom is 0.189 e. The van der Waals surface area contributed by atoms with E-state index in [0.29, 0.717) is 6.54 Å². The topological polar surface area (TPSA) is 65.1 Å². The van der Waals surface area contributed by atoms with Crippen molar-refractivity contribution in [3.05, 3.63) is 45.7 Å². The summed E-state index contributed by atoms with van der Waals surface area (Å²) < 4.78 is 0. The summed E-state index contributed by atoms with van der Waals surface area (Å²) in [7, 11) is 0. The SMILES string of the molecule is Cc1ccc2[nH]c(CNC[C@H]3CCCC[C@@]3(C)O)cc(=O)c2c1. The molecule has 0 radical (unpaired) electrons. The van der Waals surface area contributed by atoms with Crippen LogP contribution in [0.25, 0.3) is 10.9 Å². The molecule has 4 heteroatoms. The van der Waals surface area contributed by atoms with Gasteiger partial charge in [0.25, 0.3) is 0 Å². The molecule has 0 saturated heterocycles. The zero-order valence-electron chi connectivity index (χ0n) is 14.0. The monoisotopic (exact) mass is 314 g/mol. The first-order chi connectivity index (χ1) is 11.0. The Morgan fingerprint density at radius 3 is 2.96 bits per heavy atom. The van der Waals surface area contributed by atoms with Crippen LogP contribution in [0.5, 0.6) is 0 Å². The highest BCUT2D eigenvalue weighted by molar-refractivity contribution is 5.79. The Bertz CT molecular complexity index is 749. The highest BCUT2D eigenvalue weighted by Gasteiger charge is 2.33. The molecule has 4 nitrogen and oxygen atoms in total. The predicted octanol–water partition coefficient (Wildman–Crippen LogP) is 2.87. The van der Waals surface area contributed by atoms with Crippen molar-refractivity contribution in [2.75, 3.05) is 6.54 Å². The van der Waals surface area contributed by atoms with Gasteiger partial charge in [0.05, 0.1) is 5.60 Å². The van der Waals surface area contributed by atoms with Gasteiger partial charge in [-0.1, -0.05) is 24.5 Å². The van der Waals surface area contributed by atoms with E-state index >= 15 is 0 Å². The number of aliphatic hydroxyl groups is 1. The van der Waals surface area contributed by atoms with Crippen LogP contribution < -0.4 is 10.7 Å². The molecule has 0 spiro atoms. The number of nitrogens with one attached hydrogen (secondary N) is 2. The molecule has 1 saturated carbocycles. The summed E-state index contributed by atoms with van der Waals surface area (Å²) in [4.78, 5) is 15.6. The normalized spacial score (nSPS) is 24.9. The van der Waals surface area contributed by atoms with Crippen LogP contribution in [0, 0.1) is 12.8 Å². The van der Waals surface area contributed by atoms with Crippen LogP contribution >= 0.6 is 0 Å². The third-order valence-electron chi connectivity index (χ3n) is 5.11. The first-order valence-electron chi connectivity index (χ1n) is 8.51. The second-order valence-corrected chi connectivity index (χ2v) is 7.14. The lowest BCUT2D eigenvalue weighted by Crippen LogP contribution is -2.43. The lowest BCUT2D eigenvalue weighted by atomic mass is 9.76. The van der Waals surface area contributed by atoms with Gasteiger partial charge < -0.3 is 15.4 Å². The standard InChI is InChI=1S/C19H26N2O2/c1-13-6-7-17-16(9-13)18(22)10-15(21-17)12-20-11-14-5-3-4-8-19(14,2)23/h6-7,9-10,14,20,23H,3-5,8,11-12H2,1-2H3,(H,21,22)/t14-,19-/m1/s1. The summed E-state index contributed by atoms with van der Waals surface area (Å²) in [6.45, 7) is 5.33. The second kappa shape index (κ2) is 6.46. The number of pyridine rings is 1. The van der Waals surface area contributed by atoms with E-state index in [1.54, 1.807) is 6.07 Å². The van der Waals surface area contributed by atoms with Gasteiger partial charge in [-0.2, -0.15) is 0 Å². The Morgan fingerprint density at radius 2 is 2.17 bits per heavy atom. The average Bonchev–Trinajstić information content (AvgIpc) is 2.50. The van der Waals surface area contributed by atoms with Gasteiger partial charge in [0.15, 0.2) is 5.43 Å². The molecular weight excluding hydrogens is 288 g/mol. The molecule has 124 valence electrons. The predicted molar refractivity (Wildman–Crippen MR) is 93.6 cm³/mol. The number of hydrogen-bond acceptors (Lipinski definition) is 3. The van der Waals surface area contributed by atoms with Gasteiger partial charge >= 0.3 is 0 Å². The van der Waals surface area contributed by atoms with Crippen LogP contribution in [0.4, 0.5) is 0 Å². The summed E-state index contributed by atoms with van der Waals surface area (Å²) in [6, 6.07) is 7.56. The highest BCUT2D eigenvalue weighted by atomic mass is 16.3.